The van der Waals surface area contributed by atoms with E-state index in [4.69, 9.17) is 12.2 Å². The van der Waals surface area contributed by atoms with E-state index in [1.165, 1.54) is 24.6 Å². The number of hydrazine groups is 1. The molecule has 2 aromatic rings. The highest BCUT2D eigenvalue weighted by atomic mass is 32.1. The van der Waals surface area contributed by atoms with Gasteiger partial charge in [-0.25, -0.2) is 4.39 Å². The fourth-order valence-corrected chi connectivity index (χ4v) is 3.49. The molecule has 0 unspecified atom stereocenters. The molecule has 2 aromatic carbocycles. The van der Waals surface area contributed by atoms with Crippen LogP contribution in [0, 0.1) is 11.7 Å². The number of carbonyl (C=O) groups excluding carboxylic acids is 3. The van der Waals surface area contributed by atoms with Gasteiger partial charge in [-0.15, -0.1) is 0 Å². The summed E-state index contributed by atoms with van der Waals surface area (Å²) in [6.07, 6.45) is 5.15. The Balaban J connectivity index is 1.46. The number of benzene rings is 2. The van der Waals surface area contributed by atoms with Gasteiger partial charge in [0.25, 0.3) is 11.8 Å². The normalized spacial score (nSPS) is 13.7. The van der Waals surface area contributed by atoms with Crippen LogP contribution in [0.25, 0.3) is 0 Å². The van der Waals surface area contributed by atoms with Crippen LogP contribution in [0.1, 0.15) is 52.8 Å². The second-order valence-electron chi connectivity index (χ2n) is 7.24. The molecule has 31 heavy (non-hydrogen) atoms. The molecular weight excluding hydrogens is 419 g/mol. The maximum atomic E-state index is 13.6. The molecule has 1 aliphatic carbocycles. The first-order valence-corrected chi connectivity index (χ1v) is 10.4. The molecule has 1 saturated carbocycles. The fraction of sp³-hybridized carbons (Fsp3) is 0.273. The highest BCUT2D eigenvalue weighted by Crippen LogP contribution is 2.25. The van der Waals surface area contributed by atoms with Crippen molar-refractivity contribution in [2.45, 2.75) is 32.1 Å². The first-order valence-electron chi connectivity index (χ1n) is 10.0. The molecule has 0 heterocycles. The van der Waals surface area contributed by atoms with Gasteiger partial charge in [0.1, 0.15) is 5.82 Å². The lowest BCUT2D eigenvalue weighted by molar-refractivity contribution is -0.120. The number of carbonyl (C=O) groups is 3. The summed E-state index contributed by atoms with van der Waals surface area (Å²) < 4.78 is 13.6. The van der Waals surface area contributed by atoms with Gasteiger partial charge in [-0.1, -0.05) is 31.4 Å². The van der Waals surface area contributed by atoms with Crippen molar-refractivity contribution < 1.29 is 18.8 Å². The van der Waals surface area contributed by atoms with Gasteiger partial charge in [-0.2, -0.15) is 0 Å². The van der Waals surface area contributed by atoms with Crippen molar-refractivity contribution in [3.05, 3.63) is 65.5 Å². The van der Waals surface area contributed by atoms with Gasteiger partial charge in [0.2, 0.25) is 5.91 Å². The van der Waals surface area contributed by atoms with E-state index < -0.39 is 17.6 Å². The van der Waals surface area contributed by atoms with Crippen LogP contribution in [-0.4, -0.2) is 22.8 Å². The van der Waals surface area contributed by atoms with Crippen LogP contribution in [0.15, 0.2) is 48.5 Å². The van der Waals surface area contributed by atoms with E-state index in [1.54, 1.807) is 24.3 Å². The van der Waals surface area contributed by atoms with E-state index >= 15 is 0 Å². The summed E-state index contributed by atoms with van der Waals surface area (Å²) >= 11 is 4.94. The number of thiocarbonyl (C=S) groups is 1. The number of hydrogen-bond donors (Lipinski definition) is 4. The van der Waals surface area contributed by atoms with Gasteiger partial charge < -0.3 is 5.32 Å². The van der Waals surface area contributed by atoms with Crippen molar-refractivity contribution in [2.75, 3.05) is 5.32 Å². The minimum absolute atomic E-state index is 0.00881. The average molecular weight is 443 g/mol. The Morgan fingerprint density at radius 1 is 0.871 bits per heavy atom. The van der Waals surface area contributed by atoms with Crippen LogP contribution < -0.4 is 21.5 Å². The Bertz CT molecular complexity index is 975. The zero-order valence-corrected chi connectivity index (χ0v) is 17.6. The Kier molecular flexibility index (Phi) is 7.66. The molecule has 0 saturated heterocycles. The fourth-order valence-electron chi connectivity index (χ4n) is 3.35. The van der Waals surface area contributed by atoms with Gasteiger partial charge in [-0.3, -0.25) is 30.6 Å². The van der Waals surface area contributed by atoms with Crippen LogP contribution in [0.5, 0.6) is 0 Å². The van der Waals surface area contributed by atoms with Gasteiger partial charge in [-0.05, 0) is 61.5 Å². The molecule has 1 aliphatic rings. The topological polar surface area (TPSA) is 99.3 Å². The van der Waals surface area contributed by atoms with Crippen LogP contribution in [0.3, 0.4) is 0 Å². The number of rotatable bonds is 4. The third kappa shape index (κ3) is 6.32. The molecule has 0 spiro atoms. The molecule has 0 aromatic heterocycles. The Morgan fingerprint density at radius 3 is 2.23 bits per heavy atom. The second-order valence-corrected chi connectivity index (χ2v) is 7.65. The van der Waals surface area contributed by atoms with E-state index in [9.17, 15) is 18.8 Å². The zero-order valence-electron chi connectivity index (χ0n) is 16.7. The standard InChI is InChI=1S/C22H23FN4O3S/c23-18-9-5-4-8-17(18)21(30)25-22(31)27-26-20(29)15-10-12-16(13-11-15)24-19(28)14-6-2-1-3-7-14/h4-5,8-14H,1-3,6-7H2,(H,24,28)(H,26,29)(H2,25,27,30,31). The predicted molar refractivity (Wildman–Crippen MR) is 119 cm³/mol. The smallest absolute Gasteiger partial charge is 0.269 e. The van der Waals surface area contributed by atoms with E-state index in [2.05, 4.69) is 21.5 Å². The maximum Gasteiger partial charge on any atom is 0.269 e. The summed E-state index contributed by atoms with van der Waals surface area (Å²) in [6, 6.07) is 11.9. The largest absolute Gasteiger partial charge is 0.326 e. The summed E-state index contributed by atoms with van der Waals surface area (Å²) in [4.78, 5) is 36.6. The summed E-state index contributed by atoms with van der Waals surface area (Å²) in [6.45, 7) is 0. The van der Waals surface area contributed by atoms with Gasteiger partial charge in [0.05, 0.1) is 5.56 Å². The summed E-state index contributed by atoms with van der Waals surface area (Å²) in [5, 5.41) is 4.99. The number of hydrogen-bond acceptors (Lipinski definition) is 4. The van der Waals surface area contributed by atoms with E-state index in [-0.39, 0.29) is 22.5 Å². The number of halogens is 1. The maximum absolute atomic E-state index is 13.6. The number of anilines is 1. The van der Waals surface area contributed by atoms with Crippen molar-refractivity contribution in [3.63, 3.8) is 0 Å². The molecule has 0 radical (unpaired) electrons. The first kappa shape index (κ1) is 22.4. The van der Waals surface area contributed by atoms with Crippen molar-refractivity contribution in [1.29, 1.82) is 0 Å². The monoisotopic (exact) mass is 442 g/mol. The molecule has 1 fully saturated rings. The molecular formula is C22H23FN4O3S. The molecule has 7 nitrogen and oxygen atoms in total. The third-order valence-corrected chi connectivity index (χ3v) is 5.23. The Labute approximate surface area is 184 Å². The predicted octanol–water partition coefficient (Wildman–Crippen LogP) is 3.29. The van der Waals surface area contributed by atoms with Crippen molar-refractivity contribution in [1.82, 2.24) is 16.2 Å². The van der Waals surface area contributed by atoms with Crippen LogP contribution in [0.4, 0.5) is 10.1 Å². The summed E-state index contributed by atoms with van der Waals surface area (Å²) in [5.41, 5.74) is 5.54. The molecule has 162 valence electrons. The van der Waals surface area contributed by atoms with E-state index in [0.29, 0.717) is 11.3 Å². The van der Waals surface area contributed by atoms with Crippen molar-refractivity contribution in [2.24, 2.45) is 5.92 Å². The minimum Gasteiger partial charge on any atom is -0.326 e. The lowest BCUT2D eigenvalue weighted by Crippen LogP contribution is -2.48. The molecule has 0 aliphatic heterocycles. The first-order chi connectivity index (χ1) is 14.9. The molecule has 3 rings (SSSR count). The molecule has 4 N–H and O–H groups in total. The number of nitrogens with one attached hydrogen (secondary N) is 4. The summed E-state index contributed by atoms with van der Waals surface area (Å²) in [5.74, 6) is -1.85. The van der Waals surface area contributed by atoms with Crippen LogP contribution >= 0.6 is 12.2 Å². The van der Waals surface area contributed by atoms with E-state index in [0.717, 1.165) is 31.7 Å². The quantitative estimate of drug-likeness (QED) is 0.430. The lowest BCUT2D eigenvalue weighted by atomic mass is 9.88. The highest BCUT2D eigenvalue weighted by Gasteiger charge is 2.21. The average Bonchev–Trinajstić information content (AvgIpc) is 2.78. The van der Waals surface area contributed by atoms with Gasteiger partial charge >= 0.3 is 0 Å². The summed E-state index contributed by atoms with van der Waals surface area (Å²) in [7, 11) is 0. The highest BCUT2D eigenvalue weighted by molar-refractivity contribution is 7.80. The van der Waals surface area contributed by atoms with Gasteiger partial charge in [0.15, 0.2) is 5.11 Å². The Morgan fingerprint density at radius 2 is 1.55 bits per heavy atom. The Hall–Kier alpha value is -3.33. The van der Waals surface area contributed by atoms with Crippen molar-refractivity contribution in [3.8, 4) is 0 Å². The second kappa shape index (κ2) is 10.6. The molecule has 9 heteroatoms. The van der Waals surface area contributed by atoms with Crippen molar-refractivity contribution >= 4 is 40.7 Å². The van der Waals surface area contributed by atoms with Gasteiger partial charge in [0, 0.05) is 17.2 Å². The third-order valence-electron chi connectivity index (χ3n) is 5.03. The van der Waals surface area contributed by atoms with Crippen LogP contribution in [-0.2, 0) is 4.79 Å². The minimum atomic E-state index is -0.733. The lowest BCUT2D eigenvalue weighted by Gasteiger charge is -2.20. The molecule has 0 bridgehead atoms. The number of amides is 3. The van der Waals surface area contributed by atoms with E-state index in [1.807, 2.05) is 0 Å². The zero-order chi connectivity index (χ0) is 22.2. The van der Waals surface area contributed by atoms with Crippen LogP contribution in [0.2, 0.25) is 0 Å². The molecule has 3 amide bonds. The SMILES string of the molecule is O=C(NNC(=S)NC(=O)c1ccccc1F)c1ccc(NC(=O)C2CCCCC2)cc1. The molecule has 0 atom stereocenters.